The number of rotatable bonds is 6. The summed E-state index contributed by atoms with van der Waals surface area (Å²) in [7, 11) is 3.13. The third kappa shape index (κ3) is 4.11. The molecule has 0 spiro atoms. The van der Waals surface area contributed by atoms with Crippen molar-refractivity contribution in [1.82, 2.24) is 10.2 Å². The van der Waals surface area contributed by atoms with Crippen molar-refractivity contribution in [2.24, 2.45) is 0 Å². The molecule has 22 heavy (non-hydrogen) atoms. The zero-order valence-electron chi connectivity index (χ0n) is 12.7. The van der Waals surface area contributed by atoms with E-state index in [2.05, 4.69) is 15.5 Å². The summed E-state index contributed by atoms with van der Waals surface area (Å²) in [4.78, 5) is 12.3. The summed E-state index contributed by atoms with van der Waals surface area (Å²) in [5, 5.41) is 11.4. The molecular weight excluding hydrogens is 322 g/mol. The Morgan fingerprint density at radius 3 is 2.68 bits per heavy atom. The summed E-state index contributed by atoms with van der Waals surface area (Å²) in [6.07, 6.45) is 0. The third-order valence-electron chi connectivity index (χ3n) is 2.82. The van der Waals surface area contributed by atoms with E-state index in [1.165, 1.54) is 23.1 Å². The van der Waals surface area contributed by atoms with Crippen LogP contribution in [0.4, 0.5) is 5.69 Å². The van der Waals surface area contributed by atoms with Gasteiger partial charge in [-0.25, -0.2) is 0 Å². The van der Waals surface area contributed by atoms with E-state index in [0.717, 1.165) is 9.35 Å². The van der Waals surface area contributed by atoms with Gasteiger partial charge in [-0.15, -0.1) is 10.2 Å². The Kier molecular flexibility index (Phi) is 5.62. The lowest BCUT2D eigenvalue weighted by atomic mass is 10.2. The Hall–Kier alpha value is -1.80. The standard InChI is InChI=1S/C14H17N3O3S2/c1-8(21-14-17-16-9(2)22-14)13(18)15-11-7-10(19-3)5-6-12(11)20-4/h5-8H,1-4H3,(H,15,18)/t8-/m1/s1. The first-order valence-electron chi connectivity index (χ1n) is 6.53. The normalized spacial score (nSPS) is 11.8. The molecule has 0 aliphatic rings. The van der Waals surface area contributed by atoms with Crippen LogP contribution in [0.3, 0.4) is 0 Å². The monoisotopic (exact) mass is 339 g/mol. The minimum atomic E-state index is -0.303. The maximum Gasteiger partial charge on any atom is 0.237 e. The molecule has 2 aromatic rings. The number of benzene rings is 1. The van der Waals surface area contributed by atoms with Crippen molar-refractivity contribution < 1.29 is 14.3 Å². The van der Waals surface area contributed by atoms with E-state index < -0.39 is 0 Å². The molecule has 0 saturated heterocycles. The van der Waals surface area contributed by atoms with Crippen LogP contribution in [0.25, 0.3) is 0 Å². The summed E-state index contributed by atoms with van der Waals surface area (Å²) in [5.41, 5.74) is 0.577. The fraction of sp³-hybridized carbons (Fsp3) is 0.357. The number of carbonyl (C=O) groups excluding carboxylic acids is 1. The fourth-order valence-corrected chi connectivity index (χ4v) is 3.64. The lowest BCUT2D eigenvalue weighted by Gasteiger charge is -2.14. The Balaban J connectivity index is 2.07. The SMILES string of the molecule is COc1ccc(OC)c(NC(=O)[C@@H](C)Sc2nnc(C)s2)c1. The summed E-state index contributed by atoms with van der Waals surface area (Å²) >= 11 is 2.85. The number of nitrogens with one attached hydrogen (secondary N) is 1. The number of hydrogen-bond donors (Lipinski definition) is 1. The molecule has 1 N–H and O–H groups in total. The zero-order valence-corrected chi connectivity index (χ0v) is 14.4. The second-order valence-corrected chi connectivity index (χ2v) is 7.17. The molecule has 0 aliphatic heterocycles. The lowest BCUT2D eigenvalue weighted by molar-refractivity contribution is -0.115. The predicted octanol–water partition coefficient (Wildman–Crippen LogP) is 2.98. The second-order valence-electron chi connectivity index (χ2n) is 4.40. The first-order valence-corrected chi connectivity index (χ1v) is 8.22. The molecule has 1 heterocycles. The Morgan fingerprint density at radius 1 is 1.32 bits per heavy atom. The number of anilines is 1. The van der Waals surface area contributed by atoms with Gasteiger partial charge in [-0.2, -0.15) is 0 Å². The summed E-state index contributed by atoms with van der Waals surface area (Å²) in [6, 6.07) is 5.25. The Bertz CT molecular complexity index is 661. The van der Waals surface area contributed by atoms with Crippen LogP contribution in [0, 0.1) is 6.92 Å². The molecule has 6 nitrogen and oxygen atoms in total. The molecule has 0 radical (unpaired) electrons. The summed E-state index contributed by atoms with van der Waals surface area (Å²) in [6.45, 7) is 3.71. The average molecular weight is 339 g/mol. The molecule has 0 aliphatic carbocycles. The Morgan fingerprint density at radius 2 is 2.09 bits per heavy atom. The van der Waals surface area contributed by atoms with Gasteiger partial charge in [0.2, 0.25) is 5.91 Å². The Labute approximate surface area is 137 Å². The van der Waals surface area contributed by atoms with E-state index in [-0.39, 0.29) is 11.2 Å². The number of amides is 1. The van der Waals surface area contributed by atoms with Crippen LogP contribution in [0.1, 0.15) is 11.9 Å². The number of aryl methyl sites for hydroxylation is 1. The lowest BCUT2D eigenvalue weighted by Crippen LogP contribution is -2.22. The number of aromatic nitrogens is 2. The van der Waals surface area contributed by atoms with Gasteiger partial charge in [0.1, 0.15) is 16.5 Å². The highest BCUT2D eigenvalue weighted by molar-refractivity contribution is 8.02. The van der Waals surface area contributed by atoms with E-state index in [1.807, 2.05) is 13.8 Å². The summed E-state index contributed by atoms with van der Waals surface area (Å²) < 4.78 is 11.2. The van der Waals surface area contributed by atoms with Crippen LogP contribution in [0.15, 0.2) is 22.5 Å². The van der Waals surface area contributed by atoms with E-state index in [9.17, 15) is 4.79 Å². The highest BCUT2D eigenvalue weighted by atomic mass is 32.2. The van der Waals surface area contributed by atoms with Crippen LogP contribution in [-0.4, -0.2) is 35.6 Å². The molecule has 1 aromatic heterocycles. The molecule has 8 heteroatoms. The minimum Gasteiger partial charge on any atom is -0.497 e. The maximum atomic E-state index is 12.3. The highest BCUT2D eigenvalue weighted by Crippen LogP contribution is 2.31. The number of ether oxygens (including phenoxy) is 2. The minimum absolute atomic E-state index is 0.135. The van der Waals surface area contributed by atoms with Crippen LogP contribution >= 0.6 is 23.1 Å². The van der Waals surface area contributed by atoms with Crippen molar-refractivity contribution in [2.75, 3.05) is 19.5 Å². The fourth-order valence-electron chi connectivity index (χ4n) is 1.68. The molecule has 0 fully saturated rings. The smallest absolute Gasteiger partial charge is 0.237 e. The van der Waals surface area contributed by atoms with Crippen LogP contribution in [0.2, 0.25) is 0 Å². The van der Waals surface area contributed by atoms with Crippen molar-refractivity contribution in [3.63, 3.8) is 0 Å². The average Bonchev–Trinajstić information content (AvgIpc) is 2.92. The largest absolute Gasteiger partial charge is 0.497 e. The van der Waals surface area contributed by atoms with Gasteiger partial charge in [0.05, 0.1) is 25.2 Å². The van der Waals surface area contributed by atoms with Gasteiger partial charge in [0.25, 0.3) is 0 Å². The van der Waals surface area contributed by atoms with Gasteiger partial charge < -0.3 is 14.8 Å². The van der Waals surface area contributed by atoms with Crippen molar-refractivity contribution in [1.29, 1.82) is 0 Å². The third-order valence-corrected chi connectivity index (χ3v) is 4.84. The van der Waals surface area contributed by atoms with Gasteiger partial charge in [0, 0.05) is 6.07 Å². The molecule has 0 unspecified atom stereocenters. The van der Waals surface area contributed by atoms with Gasteiger partial charge in [0.15, 0.2) is 4.34 Å². The first kappa shape index (κ1) is 16.6. The molecule has 1 atom stereocenters. The van der Waals surface area contributed by atoms with Gasteiger partial charge in [-0.1, -0.05) is 23.1 Å². The molecule has 1 aromatic carbocycles. The van der Waals surface area contributed by atoms with E-state index in [4.69, 9.17) is 9.47 Å². The van der Waals surface area contributed by atoms with Crippen molar-refractivity contribution in [2.45, 2.75) is 23.4 Å². The molecule has 1 amide bonds. The van der Waals surface area contributed by atoms with Crippen LogP contribution < -0.4 is 14.8 Å². The number of methoxy groups -OCH3 is 2. The number of carbonyl (C=O) groups is 1. The predicted molar refractivity (Wildman–Crippen MR) is 88.1 cm³/mol. The van der Waals surface area contributed by atoms with Crippen molar-refractivity contribution in [3.05, 3.63) is 23.2 Å². The van der Waals surface area contributed by atoms with Crippen molar-refractivity contribution in [3.8, 4) is 11.5 Å². The van der Waals surface area contributed by atoms with Gasteiger partial charge in [-0.05, 0) is 26.0 Å². The maximum absolute atomic E-state index is 12.3. The number of hydrogen-bond acceptors (Lipinski definition) is 7. The molecule has 0 bridgehead atoms. The highest BCUT2D eigenvalue weighted by Gasteiger charge is 2.18. The number of nitrogens with zero attached hydrogens (tertiary/aromatic N) is 2. The number of thioether (sulfide) groups is 1. The molecule has 118 valence electrons. The second kappa shape index (κ2) is 7.46. The molecular formula is C14H17N3O3S2. The van der Waals surface area contributed by atoms with Crippen molar-refractivity contribution >= 4 is 34.7 Å². The first-order chi connectivity index (χ1) is 10.5. The van der Waals surface area contributed by atoms with Crippen LogP contribution in [0.5, 0.6) is 11.5 Å². The molecule has 0 saturated carbocycles. The van der Waals surface area contributed by atoms with E-state index in [1.54, 1.807) is 32.4 Å². The summed E-state index contributed by atoms with van der Waals surface area (Å²) in [5.74, 6) is 1.10. The zero-order chi connectivity index (χ0) is 16.1. The van der Waals surface area contributed by atoms with E-state index in [0.29, 0.717) is 17.2 Å². The quantitative estimate of drug-likeness (QED) is 0.816. The van der Waals surface area contributed by atoms with Gasteiger partial charge >= 0.3 is 0 Å². The van der Waals surface area contributed by atoms with Gasteiger partial charge in [-0.3, -0.25) is 4.79 Å². The molecule has 2 rings (SSSR count). The topological polar surface area (TPSA) is 73.3 Å². The van der Waals surface area contributed by atoms with E-state index >= 15 is 0 Å². The van der Waals surface area contributed by atoms with Crippen LogP contribution in [-0.2, 0) is 4.79 Å².